The lowest BCUT2D eigenvalue weighted by Gasteiger charge is -2.30. The molecule has 2 rings (SSSR count). The molecule has 104 valence electrons. The first-order chi connectivity index (χ1) is 9.20. The maximum absolute atomic E-state index is 11.9. The van der Waals surface area contributed by atoms with E-state index in [-0.39, 0.29) is 17.7 Å². The summed E-state index contributed by atoms with van der Waals surface area (Å²) in [5.41, 5.74) is 2.16. The van der Waals surface area contributed by atoms with Crippen molar-refractivity contribution in [3.63, 3.8) is 0 Å². The number of aromatic nitrogens is 1. The Kier molecular flexibility index (Phi) is 4.80. The molecule has 2 heterocycles. The number of nitrogens with two attached hydrogens (primary N) is 1. The molecule has 0 radical (unpaired) electrons. The summed E-state index contributed by atoms with van der Waals surface area (Å²) in [5.74, 6) is 5.19. The Hall–Kier alpha value is -1.54. The van der Waals surface area contributed by atoms with Gasteiger partial charge in [0, 0.05) is 19.0 Å². The molecule has 1 saturated heterocycles. The van der Waals surface area contributed by atoms with Gasteiger partial charge in [0.25, 0.3) is 5.22 Å². The fraction of sp³-hybridized carbons (Fsp3) is 0.545. The van der Waals surface area contributed by atoms with Crippen molar-refractivity contribution in [2.45, 2.75) is 18.1 Å². The molecule has 1 aliphatic rings. The number of hydrogen-bond donors (Lipinski definition) is 2. The first kappa shape index (κ1) is 13.9. The Morgan fingerprint density at radius 1 is 1.53 bits per heavy atom. The predicted octanol–water partition coefficient (Wildman–Crippen LogP) is -0.00480. The lowest BCUT2D eigenvalue weighted by atomic mass is 9.96. The Bertz CT molecular complexity index is 429. The fourth-order valence-electron chi connectivity index (χ4n) is 2.01. The van der Waals surface area contributed by atoms with Crippen molar-refractivity contribution in [3.05, 3.63) is 12.5 Å². The number of hydrogen-bond acceptors (Lipinski definition) is 6. The van der Waals surface area contributed by atoms with E-state index in [0.717, 1.165) is 0 Å². The third kappa shape index (κ3) is 3.71. The Balaban J connectivity index is 1.74. The molecule has 19 heavy (non-hydrogen) atoms. The summed E-state index contributed by atoms with van der Waals surface area (Å²) in [6.45, 7) is 1.17. The van der Waals surface area contributed by atoms with Crippen LogP contribution in [0.5, 0.6) is 0 Å². The van der Waals surface area contributed by atoms with E-state index in [4.69, 9.17) is 10.3 Å². The van der Waals surface area contributed by atoms with E-state index in [1.54, 1.807) is 11.1 Å². The number of amides is 2. The summed E-state index contributed by atoms with van der Waals surface area (Å²) in [6, 6.07) is 0. The molecule has 8 heteroatoms. The van der Waals surface area contributed by atoms with Gasteiger partial charge in [0.05, 0.1) is 11.9 Å². The SMILES string of the molecule is NNC(=O)C1CCN(C(=O)CSc2ncco2)CC1. The molecule has 0 aliphatic carbocycles. The quantitative estimate of drug-likeness (QED) is 0.349. The van der Waals surface area contributed by atoms with E-state index in [9.17, 15) is 9.59 Å². The van der Waals surface area contributed by atoms with Crippen LogP contribution in [0.2, 0.25) is 0 Å². The molecular formula is C11H16N4O3S. The third-order valence-corrected chi connectivity index (χ3v) is 3.93. The van der Waals surface area contributed by atoms with E-state index in [1.165, 1.54) is 18.0 Å². The van der Waals surface area contributed by atoms with Crippen molar-refractivity contribution in [3.8, 4) is 0 Å². The van der Waals surface area contributed by atoms with E-state index in [0.29, 0.717) is 36.9 Å². The first-order valence-corrected chi connectivity index (χ1v) is 7.00. The monoisotopic (exact) mass is 284 g/mol. The van der Waals surface area contributed by atoms with Crippen molar-refractivity contribution in [1.29, 1.82) is 0 Å². The summed E-state index contributed by atoms with van der Waals surface area (Å²) in [7, 11) is 0. The van der Waals surface area contributed by atoms with Gasteiger partial charge in [-0.1, -0.05) is 11.8 Å². The minimum absolute atomic E-state index is 0.0369. The van der Waals surface area contributed by atoms with Crippen LogP contribution in [0, 0.1) is 5.92 Å². The second-order valence-electron chi connectivity index (χ2n) is 4.25. The van der Waals surface area contributed by atoms with Crippen LogP contribution in [0.1, 0.15) is 12.8 Å². The van der Waals surface area contributed by atoms with Crippen LogP contribution in [0.15, 0.2) is 22.1 Å². The Morgan fingerprint density at radius 3 is 2.84 bits per heavy atom. The molecule has 1 aromatic rings. The molecule has 0 unspecified atom stereocenters. The summed E-state index contributed by atoms with van der Waals surface area (Å²) < 4.78 is 5.05. The third-order valence-electron chi connectivity index (χ3n) is 3.09. The number of rotatable bonds is 4. The topological polar surface area (TPSA) is 101 Å². The largest absolute Gasteiger partial charge is 0.440 e. The first-order valence-electron chi connectivity index (χ1n) is 6.01. The maximum Gasteiger partial charge on any atom is 0.256 e. The number of nitrogens with one attached hydrogen (secondary N) is 1. The van der Waals surface area contributed by atoms with E-state index >= 15 is 0 Å². The zero-order valence-corrected chi connectivity index (χ0v) is 11.2. The highest BCUT2D eigenvalue weighted by molar-refractivity contribution is 7.99. The molecule has 0 bridgehead atoms. The van der Waals surface area contributed by atoms with Crippen LogP contribution < -0.4 is 11.3 Å². The molecule has 2 amide bonds. The lowest BCUT2D eigenvalue weighted by Crippen LogP contribution is -2.45. The van der Waals surface area contributed by atoms with Gasteiger partial charge in [-0.3, -0.25) is 15.0 Å². The van der Waals surface area contributed by atoms with Gasteiger partial charge in [0.2, 0.25) is 11.8 Å². The molecule has 0 saturated carbocycles. The van der Waals surface area contributed by atoms with E-state index < -0.39 is 0 Å². The van der Waals surface area contributed by atoms with Crippen molar-refractivity contribution in [2.75, 3.05) is 18.8 Å². The summed E-state index contributed by atoms with van der Waals surface area (Å²) in [4.78, 5) is 29.0. The number of carbonyl (C=O) groups is 2. The number of hydrazine groups is 1. The van der Waals surface area contributed by atoms with Crippen molar-refractivity contribution >= 4 is 23.6 Å². The normalized spacial score (nSPS) is 16.4. The number of likely N-dealkylation sites (tertiary alicyclic amines) is 1. The number of nitrogens with zero attached hydrogens (tertiary/aromatic N) is 2. The predicted molar refractivity (Wildman–Crippen MR) is 68.9 cm³/mol. The van der Waals surface area contributed by atoms with Crippen molar-refractivity contribution in [1.82, 2.24) is 15.3 Å². The second kappa shape index (κ2) is 6.58. The van der Waals surface area contributed by atoms with Gasteiger partial charge >= 0.3 is 0 Å². The molecule has 7 nitrogen and oxygen atoms in total. The van der Waals surface area contributed by atoms with Gasteiger partial charge < -0.3 is 9.32 Å². The van der Waals surface area contributed by atoms with Crippen LogP contribution in [0.4, 0.5) is 0 Å². The van der Waals surface area contributed by atoms with Gasteiger partial charge in [-0.25, -0.2) is 10.8 Å². The molecule has 1 fully saturated rings. The Morgan fingerprint density at radius 2 is 2.26 bits per heavy atom. The molecular weight excluding hydrogens is 268 g/mol. The van der Waals surface area contributed by atoms with E-state index in [2.05, 4.69) is 10.4 Å². The number of carbonyl (C=O) groups excluding carboxylic acids is 2. The van der Waals surface area contributed by atoms with Gasteiger partial charge in [-0.05, 0) is 12.8 Å². The maximum atomic E-state index is 11.9. The molecule has 1 aromatic heterocycles. The van der Waals surface area contributed by atoms with Gasteiger partial charge in [0.15, 0.2) is 0 Å². The molecule has 0 atom stereocenters. The highest BCUT2D eigenvalue weighted by atomic mass is 32.2. The second-order valence-corrected chi connectivity index (χ2v) is 5.18. The van der Waals surface area contributed by atoms with Crippen LogP contribution in [0.25, 0.3) is 0 Å². The lowest BCUT2D eigenvalue weighted by molar-refractivity contribution is -0.133. The van der Waals surface area contributed by atoms with Crippen LogP contribution in [0.3, 0.4) is 0 Å². The summed E-state index contributed by atoms with van der Waals surface area (Å²) in [6.07, 6.45) is 4.32. The molecule has 1 aliphatic heterocycles. The van der Waals surface area contributed by atoms with Gasteiger partial charge in [-0.15, -0.1) is 0 Å². The number of thioether (sulfide) groups is 1. The van der Waals surface area contributed by atoms with Gasteiger partial charge in [0.1, 0.15) is 6.26 Å². The number of oxazole rings is 1. The highest BCUT2D eigenvalue weighted by Crippen LogP contribution is 2.20. The zero-order valence-electron chi connectivity index (χ0n) is 10.4. The molecule has 0 aromatic carbocycles. The standard InChI is InChI=1S/C11H16N4O3S/c12-14-10(17)8-1-4-15(5-2-8)9(16)7-19-11-13-3-6-18-11/h3,6,8H,1-2,4-5,7,12H2,(H,14,17). The van der Waals surface area contributed by atoms with Crippen LogP contribution in [-0.2, 0) is 9.59 Å². The highest BCUT2D eigenvalue weighted by Gasteiger charge is 2.26. The number of piperidine rings is 1. The fourth-order valence-corrected chi connectivity index (χ4v) is 2.69. The van der Waals surface area contributed by atoms with E-state index in [1.807, 2.05) is 0 Å². The minimum atomic E-state index is -0.152. The van der Waals surface area contributed by atoms with Crippen molar-refractivity contribution < 1.29 is 14.0 Å². The zero-order chi connectivity index (χ0) is 13.7. The Labute approximate surface area is 114 Å². The summed E-state index contributed by atoms with van der Waals surface area (Å²) >= 11 is 1.27. The molecule has 0 spiro atoms. The van der Waals surface area contributed by atoms with Crippen molar-refractivity contribution in [2.24, 2.45) is 11.8 Å². The average Bonchev–Trinajstić information content (AvgIpc) is 2.97. The smallest absolute Gasteiger partial charge is 0.256 e. The van der Waals surface area contributed by atoms with Gasteiger partial charge in [-0.2, -0.15) is 0 Å². The minimum Gasteiger partial charge on any atom is -0.440 e. The average molecular weight is 284 g/mol. The summed E-state index contributed by atoms with van der Waals surface area (Å²) in [5, 5.41) is 0.491. The molecule has 3 N–H and O–H groups in total. The van der Waals surface area contributed by atoms with Crippen LogP contribution >= 0.6 is 11.8 Å². The van der Waals surface area contributed by atoms with Crippen LogP contribution in [-0.4, -0.2) is 40.5 Å².